The maximum absolute atomic E-state index is 6.49. The lowest BCUT2D eigenvalue weighted by Crippen LogP contribution is -2.28. The van der Waals surface area contributed by atoms with E-state index in [1.54, 1.807) is 0 Å². The molecule has 1 unspecified atom stereocenters. The predicted molar refractivity (Wildman–Crippen MR) is 126 cm³/mol. The van der Waals surface area contributed by atoms with Gasteiger partial charge in [0.2, 0.25) is 0 Å². The van der Waals surface area contributed by atoms with E-state index in [-0.39, 0.29) is 18.9 Å². The summed E-state index contributed by atoms with van der Waals surface area (Å²) in [5.74, 6) is 0. The van der Waals surface area contributed by atoms with Gasteiger partial charge in [-0.2, -0.15) is 0 Å². The third kappa shape index (κ3) is 4.76. The van der Waals surface area contributed by atoms with E-state index in [2.05, 4.69) is 79.5 Å². The molecule has 0 amide bonds. The highest BCUT2D eigenvalue weighted by Gasteiger charge is 2.25. The van der Waals surface area contributed by atoms with Crippen LogP contribution in [0.4, 0.5) is 0 Å². The average Bonchev–Trinajstić information content (AvgIpc) is 2.97. The van der Waals surface area contributed by atoms with E-state index in [0.717, 1.165) is 32.7 Å². The van der Waals surface area contributed by atoms with Crippen molar-refractivity contribution in [1.29, 1.82) is 0 Å². The molecule has 0 saturated heterocycles. The maximum Gasteiger partial charge on any atom is 0.100 e. The van der Waals surface area contributed by atoms with E-state index in [9.17, 15) is 0 Å². The molecular weight excluding hydrogens is 370 g/mol. The molecule has 0 spiro atoms. The van der Waals surface area contributed by atoms with Gasteiger partial charge in [0.15, 0.2) is 0 Å². The van der Waals surface area contributed by atoms with Gasteiger partial charge in [-0.15, -0.1) is 0 Å². The van der Waals surface area contributed by atoms with Crippen molar-refractivity contribution in [3.05, 3.63) is 65.1 Å². The first kappa shape index (κ1) is 22.5. The minimum absolute atomic E-state index is 0. The van der Waals surface area contributed by atoms with Crippen LogP contribution in [-0.4, -0.2) is 34.7 Å². The number of hydrogen-bond donors (Lipinski definition) is 0. The molecule has 0 saturated carbocycles. The van der Waals surface area contributed by atoms with Gasteiger partial charge in [-0.25, -0.2) is 0 Å². The molecule has 0 N–H and O–H groups in total. The number of nitrogens with zero attached hydrogens (tertiary/aromatic N) is 3. The third-order valence-corrected chi connectivity index (χ3v) is 5.74. The van der Waals surface area contributed by atoms with Crippen molar-refractivity contribution in [2.75, 3.05) is 20.2 Å². The molecule has 1 aliphatic heterocycles. The number of likely N-dealkylation sites (N-methyl/N-ethyl adjacent to an activating group) is 1. The second kappa shape index (κ2) is 8.91. The lowest BCUT2D eigenvalue weighted by Gasteiger charge is -2.28. The fourth-order valence-electron chi connectivity index (χ4n) is 4.26. The largest absolute Gasteiger partial charge is 0.371 e. The smallest absolute Gasteiger partial charge is 0.100 e. The summed E-state index contributed by atoms with van der Waals surface area (Å²) in [4.78, 5) is 6.63. The van der Waals surface area contributed by atoms with Crippen LogP contribution in [0.2, 0.25) is 0 Å². The Hall–Kier alpha value is -2.17. The normalized spacial score (nSPS) is 15.6. The van der Waals surface area contributed by atoms with Crippen LogP contribution in [0.1, 0.15) is 56.7 Å². The van der Waals surface area contributed by atoms with Crippen LogP contribution >= 0.6 is 0 Å². The van der Waals surface area contributed by atoms with Crippen LogP contribution < -0.4 is 0 Å². The van der Waals surface area contributed by atoms with Crippen molar-refractivity contribution in [3.63, 3.8) is 0 Å². The van der Waals surface area contributed by atoms with E-state index < -0.39 is 0 Å². The number of ether oxygens (including phenoxy) is 1. The minimum Gasteiger partial charge on any atom is -0.371 e. The molecule has 4 rings (SSSR count). The standard InChI is InChI=1S/C25H33N3O.CH4/c1-18-6-7-22-20(14-18)21-15-27(5)13-10-23(21)28(22)16-24(29-17-25(2,3)4)19-8-11-26-12-9-19;/h6-9,11-12,14,24H,10,13,15-17H2,1-5H3;1H4. The molecule has 4 heteroatoms. The number of aromatic nitrogens is 2. The van der Waals surface area contributed by atoms with Gasteiger partial charge in [-0.3, -0.25) is 4.98 Å². The number of rotatable bonds is 5. The fourth-order valence-corrected chi connectivity index (χ4v) is 4.26. The van der Waals surface area contributed by atoms with Crippen molar-refractivity contribution in [2.24, 2.45) is 5.41 Å². The first-order valence-corrected chi connectivity index (χ1v) is 10.6. The maximum atomic E-state index is 6.49. The molecule has 1 atom stereocenters. The topological polar surface area (TPSA) is 30.3 Å². The van der Waals surface area contributed by atoms with E-state index in [1.807, 2.05) is 12.4 Å². The van der Waals surface area contributed by atoms with E-state index in [1.165, 1.54) is 33.3 Å². The highest BCUT2D eigenvalue weighted by atomic mass is 16.5. The van der Waals surface area contributed by atoms with E-state index in [0.29, 0.717) is 0 Å². The zero-order valence-corrected chi connectivity index (χ0v) is 18.4. The molecule has 3 heterocycles. The summed E-state index contributed by atoms with van der Waals surface area (Å²) in [7, 11) is 2.22. The average molecular weight is 408 g/mol. The Morgan fingerprint density at radius 2 is 1.87 bits per heavy atom. The summed E-state index contributed by atoms with van der Waals surface area (Å²) in [6.45, 7) is 12.5. The lowest BCUT2D eigenvalue weighted by atomic mass is 9.98. The summed E-state index contributed by atoms with van der Waals surface area (Å²) in [5.41, 5.74) is 6.93. The summed E-state index contributed by atoms with van der Waals surface area (Å²) in [5, 5.41) is 1.40. The predicted octanol–water partition coefficient (Wildman–Crippen LogP) is 5.77. The summed E-state index contributed by atoms with van der Waals surface area (Å²) < 4.78 is 9.01. The van der Waals surface area contributed by atoms with Crippen molar-refractivity contribution in [2.45, 2.75) is 60.7 Å². The number of fused-ring (bicyclic) bond motifs is 3. The van der Waals surface area contributed by atoms with Crippen molar-refractivity contribution in [3.8, 4) is 0 Å². The Labute approximate surface area is 181 Å². The first-order valence-electron chi connectivity index (χ1n) is 10.6. The molecule has 1 aromatic carbocycles. The van der Waals surface area contributed by atoms with Crippen molar-refractivity contribution < 1.29 is 4.74 Å². The van der Waals surface area contributed by atoms with Gasteiger partial charge in [0.25, 0.3) is 0 Å². The van der Waals surface area contributed by atoms with Crippen LogP contribution in [0.25, 0.3) is 10.9 Å². The molecule has 1 aliphatic rings. The number of benzene rings is 1. The third-order valence-electron chi connectivity index (χ3n) is 5.74. The van der Waals surface area contributed by atoms with Crippen LogP contribution in [0.3, 0.4) is 0 Å². The molecule has 0 aliphatic carbocycles. The van der Waals surface area contributed by atoms with Gasteiger partial charge in [0.1, 0.15) is 6.10 Å². The summed E-state index contributed by atoms with van der Waals surface area (Å²) in [6.07, 6.45) is 4.83. The Morgan fingerprint density at radius 1 is 1.13 bits per heavy atom. The van der Waals surface area contributed by atoms with Crippen LogP contribution in [0.5, 0.6) is 0 Å². The molecule has 0 bridgehead atoms. The van der Waals surface area contributed by atoms with E-state index in [4.69, 9.17) is 4.74 Å². The zero-order chi connectivity index (χ0) is 20.6. The van der Waals surface area contributed by atoms with Gasteiger partial charge < -0.3 is 14.2 Å². The molecule has 2 aromatic heterocycles. The minimum atomic E-state index is 0. The van der Waals surface area contributed by atoms with E-state index >= 15 is 0 Å². The van der Waals surface area contributed by atoms with Crippen molar-refractivity contribution >= 4 is 10.9 Å². The zero-order valence-electron chi connectivity index (χ0n) is 18.4. The monoisotopic (exact) mass is 407 g/mol. The van der Waals surface area contributed by atoms with Gasteiger partial charge in [-0.05, 0) is 54.8 Å². The number of hydrogen-bond acceptors (Lipinski definition) is 3. The highest BCUT2D eigenvalue weighted by Crippen LogP contribution is 2.34. The van der Waals surface area contributed by atoms with Gasteiger partial charge in [0, 0.05) is 48.5 Å². The second-order valence-electron chi connectivity index (χ2n) is 9.69. The molecular formula is C26H37N3O. The second-order valence-corrected chi connectivity index (χ2v) is 9.69. The van der Waals surface area contributed by atoms with Crippen LogP contribution in [-0.2, 0) is 24.2 Å². The lowest BCUT2D eigenvalue weighted by molar-refractivity contribution is -0.00146. The van der Waals surface area contributed by atoms with Crippen LogP contribution in [0, 0.1) is 12.3 Å². The van der Waals surface area contributed by atoms with Gasteiger partial charge in [0.05, 0.1) is 13.2 Å². The Kier molecular flexibility index (Phi) is 6.68. The highest BCUT2D eigenvalue weighted by molar-refractivity contribution is 5.86. The Bertz CT molecular complexity index is 985. The molecule has 0 fully saturated rings. The fraction of sp³-hybridized carbons (Fsp3) is 0.500. The molecule has 4 nitrogen and oxygen atoms in total. The summed E-state index contributed by atoms with van der Waals surface area (Å²) >= 11 is 0. The van der Waals surface area contributed by atoms with Gasteiger partial charge >= 0.3 is 0 Å². The SMILES string of the molecule is C.Cc1ccc2c(c1)c1c(n2CC(OCC(C)(C)C)c2ccncc2)CCN(C)C1. The molecule has 3 aromatic rings. The van der Waals surface area contributed by atoms with Gasteiger partial charge in [-0.1, -0.05) is 39.8 Å². The molecule has 30 heavy (non-hydrogen) atoms. The quantitative estimate of drug-likeness (QED) is 0.538. The Morgan fingerprint density at radius 3 is 2.57 bits per heavy atom. The first-order chi connectivity index (χ1) is 13.8. The number of pyridine rings is 1. The Balaban J connectivity index is 0.00000256. The van der Waals surface area contributed by atoms with Crippen molar-refractivity contribution in [1.82, 2.24) is 14.5 Å². The summed E-state index contributed by atoms with van der Waals surface area (Å²) in [6, 6.07) is 11.0. The van der Waals surface area contributed by atoms with Crippen LogP contribution in [0.15, 0.2) is 42.7 Å². The molecule has 0 radical (unpaired) electrons. The number of aryl methyl sites for hydroxylation is 1. The molecule has 162 valence electrons.